The number of methoxy groups -OCH3 is 3. The average Bonchev–Trinajstić information content (AvgIpc) is 2.84. The quantitative estimate of drug-likeness (QED) is 0.402. The summed E-state index contributed by atoms with van der Waals surface area (Å²) in [6.45, 7) is 0. The summed E-state index contributed by atoms with van der Waals surface area (Å²) >= 11 is 0. The molecule has 0 amide bonds. The van der Waals surface area contributed by atoms with Crippen LogP contribution in [0.1, 0.15) is 0 Å². The van der Waals surface area contributed by atoms with Gasteiger partial charge in [0.25, 0.3) is 0 Å². The molecule has 0 saturated carbocycles. The van der Waals surface area contributed by atoms with Crippen molar-refractivity contribution in [2.75, 3.05) is 32.0 Å². The number of ether oxygens (including phenoxy) is 3. The van der Waals surface area contributed by atoms with Crippen LogP contribution in [-0.2, 0) is 0 Å². The van der Waals surface area contributed by atoms with Gasteiger partial charge in [0.2, 0.25) is 17.6 Å². The second kappa shape index (κ2) is 9.65. The molecule has 3 aromatic carbocycles. The first kappa shape index (κ1) is 20.9. The fraction of sp³-hybridized carbons (Fsp3) is 0.125. The molecule has 32 heavy (non-hydrogen) atoms. The van der Waals surface area contributed by atoms with E-state index in [4.69, 9.17) is 14.2 Å². The van der Waals surface area contributed by atoms with Crippen molar-refractivity contribution < 1.29 is 14.2 Å². The van der Waals surface area contributed by atoms with E-state index >= 15 is 0 Å². The maximum absolute atomic E-state index is 5.39. The Kier molecular flexibility index (Phi) is 6.31. The van der Waals surface area contributed by atoms with Gasteiger partial charge in [-0.3, -0.25) is 0 Å². The first-order chi connectivity index (χ1) is 15.7. The van der Waals surface area contributed by atoms with E-state index in [1.165, 1.54) is 6.33 Å². The van der Waals surface area contributed by atoms with Gasteiger partial charge in [-0.1, -0.05) is 42.5 Å². The molecule has 8 heteroatoms. The van der Waals surface area contributed by atoms with E-state index in [0.29, 0.717) is 34.8 Å². The number of aromatic nitrogens is 3. The van der Waals surface area contributed by atoms with Gasteiger partial charge in [0.15, 0.2) is 11.5 Å². The van der Waals surface area contributed by atoms with Crippen LogP contribution in [0, 0.1) is 0 Å². The first-order valence-electron chi connectivity index (χ1n) is 9.88. The van der Waals surface area contributed by atoms with Crippen LogP contribution in [0.15, 0.2) is 73.1 Å². The average molecular weight is 429 g/mol. The highest BCUT2D eigenvalue weighted by molar-refractivity contribution is 5.68. The zero-order valence-corrected chi connectivity index (χ0v) is 18.0. The molecule has 0 unspecified atom stereocenters. The second-order valence-electron chi connectivity index (χ2n) is 6.74. The van der Waals surface area contributed by atoms with Gasteiger partial charge in [-0.05, 0) is 23.3 Å². The summed E-state index contributed by atoms with van der Waals surface area (Å²) in [5.74, 6) is 2.36. The molecule has 0 fully saturated rings. The van der Waals surface area contributed by atoms with Crippen LogP contribution in [0.4, 0.5) is 23.3 Å². The molecule has 162 valence electrons. The summed E-state index contributed by atoms with van der Waals surface area (Å²) < 4.78 is 16.1. The number of hydrogen-bond acceptors (Lipinski definition) is 8. The van der Waals surface area contributed by atoms with E-state index in [2.05, 4.69) is 37.7 Å². The maximum Gasteiger partial charge on any atom is 0.232 e. The van der Waals surface area contributed by atoms with E-state index < -0.39 is 0 Å². The van der Waals surface area contributed by atoms with Crippen LogP contribution in [0.5, 0.6) is 17.2 Å². The lowest BCUT2D eigenvalue weighted by molar-refractivity contribution is 0.324. The van der Waals surface area contributed by atoms with Crippen molar-refractivity contribution in [3.05, 3.63) is 73.1 Å². The molecular formula is C24H23N5O3. The summed E-state index contributed by atoms with van der Waals surface area (Å²) in [7, 11) is 4.69. The molecule has 0 atom stereocenters. The van der Waals surface area contributed by atoms with Gasteiger partial charge >= 0.3 is 0 Å². The van der Waals surface area contributed by atoms with Gasteiger partial charge in [-0.25, -0.2) is 9.97 Å². The molecule has 1 aromatic heterocycles. The predicted octanol–water partition coefficient (Wildman–Crippen LogP) is 5.05. The highest BCUT2D eigenvalue weighted by atomic mass is 16.5. The summed E-state index contributed by atoms with van der Waals surface area (Å²) in [6.07, 6.45) is 1.44. The number of benzene rings is 3. The Morgan fingerprint density at radius 1 is 0.625 bits per heavy atom. The monoisotopic (exact) mass is 429 g/mol. The Hall–Kier alpha value is -4.33. The predicted molar refractivity (Wildman–Crippen MR) is 124 cm³/mol. The SMILES string of the molecule is COc1cc(Nc2ncnc(Nc3ccc(-c4ccccc4)cc3)n2)cc(OC)c1OC. The molecule has 1 heterocycles. The van der Waals surface area contributed by atoms with Crippen molar-refractivity contribution in [3.8, 4) is 28.4 Å². The smallest absolute Gasteiger partial charge is 0.232 e. The normalized spacial score (nSPS) is 10.3. The van der Waals surface area contributed by atoms with Crippen LogP contribution in [0.2, 0.25) is 0 Å². The largest absolute Gasteiger partial charge is 0.493 e. The maximum atomic E-state index is 5.39. The molecule has 0 spiro atoms. The Morgan fingerprint density at radius 2 is 1.19 bits per heavy atom. The summed E-state index contributed by atoms with van der Waals surface area (Å²) in [4.78, 5) is 12.8. The summed E-state index contributed by atoms with van der Waals surface area (Å²) in [5, 5.41) is 6.34. The van der Waals surface area contributed by atoms with Crippen molar-refractivity contribution in [2.45, 2.75) is 0 Å². The van der Waals surface area contributed by atoms with Crippen LogP contribution in [0.25, 0.3) is 11.1 Å². The molecular weight excluding hydrogens is 406 g/mol. The van der Waals surface area contributed by atoms with E-state index in [-0.39, 0.29) is 0 Å². The molecule has 0 aliphatic rings. The highest BCUT2D eigenvalue weighted by Gasteiger charge is 2.14. The number of nitrogens with one attached hydrogen (secondary N) is 2. The number of nitrogens with zero attached hydrogens (tertiary/aromatic N) is 3. The zero-order valence-electron chi connectivity index (χ0n) is 18.0. The third-order valence-corrected chi connectivity index (χ3v) is 4.74. The van der Waals surface area contributed by atoms with Gasteiger partial charge in [-0.2, -0.15) is 4.98 Å². The molecule has 4 rings (SSSR count). The van der Waals surface area contributed by atoms with Crippen LogP contribution in [0.3, 0.4) is 0 Å². The van der Waals surface area contributed by atoms with Crippen LogP contribution < -0.4 is 24.8 Å². The number of anilines is 4. The molecule has 8 nitrogen and oxygen atoms in total. The van der Waals surface area contributed by atoms with Crippen LogP contribution in [-0.4, -0.2) is 36.3 Å². The third-order valence-electron chi connectivity index (χ3n) is 4.74. The molecule has 0 bridgehead atoms. The third kappa shape index (κ3) is 4.70. The lowest BCUT2D eigenvalue weighted by Gasteiger charge is -2.14. The van der Waals surface area contributed by atoms with Crippen LogP contribution >= 0.6 is 0 Å². The Labute approximate surface area is 186 Å². The minimum Gasteiger partial charge on any atom is -0.493 e. The van der Waals surface area contributed by atoms with Crippen molar-refractivity contribution in [2.24, 2.45) is 0 Å². The van der Waals surface area contributed by atoms with Crippen molar-refractivity contribution in [1.29, 1.82) is 0 Å². The first-order valence-corrected chi connectivity index (χ1v) is 9.88. The van der Waals surface area contributed by atoms with Gasteiger partial charge in [-0.15, -0.1) is 0 Å². The van der Waals surface area contributed by atoms with E-state index in [1.807, 2.05) is 42.5 Å². The van der Waals surface area contributed by atoms with Gasteiger partial charge in [0.1, 0.15) is 6.33 Å². The highest BCUT2D eigenvalue weighted by Crippen LogP contribution is 2.40. The fourth-order valence-corrected chi connectivity index (χ4v) is 3.20. The second-order valence-corrected chi connectivity index (χ2v) is 6.74. The minimum atomic E-state index is 0.373. The molecule has 0 saturated heterocycles. The number of hydrogen-bond donors (Lipinski definition) is 2. The van der Waals surface area contributed by atoms with E-state index in [1.54, 1.807) is 33.5 Å². The van der Waals surface area contributed by atoms with Gasteiger partial charge in [0.05, 0.1) is 21.3 Å². The summed E-state index contributed by atoms with van der Waals surface area (Å²) in [5.41, 5.74) is 3.85. The Morgan fingerprint density at radius 3 is 1.75 bits per heavy atom. The molecule has 0 radical (unpaired) electrons. The topological polar surface area (TPSA) is 90.4 Å². The minimum absolute atomic E-state index is 0.373. The number of rotatable bonds is 8. The standard InChI is InChI=1S/C24H23N5O3/c1-30-20-13-19(14-21(31-2)22(20)32-3)28-24-26-15-25-23(29-24)27-18-11-9-17(10-12-18)16-7-5-4-6-8-16/h4-15H,1-3H3,(H2,25,26,27,28,29). The Balaban J connectivity index is 1.51. The summed E-state index contributed by atoms with van der Waals surface area (Å²) in [6, 6.07) is 21.8. The van der Waals surface area contributed by atoms with Crippen molar-refractivity contribution >= 4 is 23.3 Å². The molecule has 0 aliphatic heterocycles. The van der Waals surface area contributed by atoms with Gasteiger partial charge in [0, 0.05) is 23.5 Å². The van der Waals surface area contributed by atoms with Gasteiger partial charge < -0.3 is 24.8 Å². The molecule has 4 aromatic rings. The fourth-order valence-electron chi connectivity index (χ4n) is 3.20. The molecule has 2 N–H and O–H groups in total. The zero-order chi connectivity index (χ0) is 22.3. The van der Waals surface area contributed by atoms with Crippen molar-refractivity contribution in [1.82, 2.24) is 15.0 Å². The van der Waals surface area contributed by atoms with E-state index in [0.717, 1.165) is 16.8 Å². The van der Waals surface area contributed by atoms with Crippen molar-refractivity contribution in [3.63, 3.8) is 0 Å². The lowest BCUT2D eigenvalue weighted by atomic mass is 10.1. The van der Waals surface area contributed by atoms with E-state index in [9.17, 15) is 0 Å². The Bertz CT molecular complexity index is 1160. The molecule has 0 aliphatic carbocycles. The lowest BCUT2D eigenvalue weighted by Crippen LogP contribution is -2.03.